The first-order valence-electron chi connectivity index (χ1n) is 10.3. The van der Waals surface area contributed by atoms with Crippen LogP contribution in [-0.4, -0.2) is 26.4 Å². The Labute approximate surface area is 203 Å². The molecule has 2 aromatic heterocycles. The minimum atomic E-state index is -0.442. The molecule has 0 aliphatic heterocycles. The summed E-state index contributed by atoms with van der Waals surface area (Å²) >= 11 is 8.72. The number of ether oxygens (including phenoxy) is 1. The molecule has 3 aromatic rings. The van der Waals surface area contributed by atoms with Crippen molar-refractivity contribution in [1.29, 1.82) is 5.26 Å². The number of aromatic nitrogens is 3. The van der Waals surface area contributed by atoms with Crippen molar-refractivity contribution in [3.8, 4) is 11.8 Å². The van der Waals surface area contributed by atoms with Crippen molar-refractivity contribution in [2.75, 3.05) is 11.1 Å². The third-order valence-corrected chi connectivity index (χ3v) is 7.87. The molecule has 2 heterocycles. The number of hydrogen-bond donors (Lipinski definition) is 1. The standard InChI is InChI=1S/C22H21ClFN5O2S2/c1-12-3-5-14-15(9-25)21(33-18(14)7-12)26-20(30)11-32-22-28-27-19(29(22)2)10-31-17-6-4-13(24)8-16(17)23/h4,6,8,12H,3,5,7,10-11H2,1-2H3,(H,26,30). The zero-order chi connectivity index (χ0) is 23.5. The number of carbonyl (C=O) groups excluding carboxylic acids is 1. The first kappa shape index (κ1) is 23.5. The highest BCUT2D eigenvalue weighted by atomic mass is 35.5. The van der Waals surface area contributed by atoms with Crippen LogP contribution in [0.1, 0.15) is 35.2 Å². The first-order chi connectivity index (χ1) is 15.9. The van der Waals surface area contributed by atoms with Gasteiger partial charge in [-0.3, -0.25) is 4.79 Å². The number of benzene rings is 1. The van der Waals surface area contributed by atoms with Crippen LogP contribution in [0.2, 0.25) is 5.02 Å². The number of fused-ring (bicyclic) bond motifs is 1. The van der Waals surface area contributed by atoms with Gasteiger partial charge in [0.25, 0.3) is 0 Å². The lowest BCUT2D eigenvalue weighted by molar-refractivity contribution is -0.113. The molecule has 1 amide bonds. The van der Waals surface area contributed by atoms with Crippen LogP contribution in [0.3, 0.4) is 0 Å². The Morgan fingerprint density at radius 2 is 2.30 bits per heavy atom. The number of carbonyl (C=O) groups is 1. The fourth-order valence-corrected chi connectivity index (χ4v) is 5.91. The van der Waals surface area contributed by atoms with Gasteiger partial charge in [0.1, 0.15) is 29.2 Å². The number of thiophene rings is 1. The molecule has 0 spiro atoms. The van der Waals surface area contributed by atoms with Crippen molar-refractivity contribution >= 4 is 45.6 Å². The molecular formula is C22H21ClFN5O2S2. The Balaban J connectivity index is 1.35. The van der Waals surface area contributed by atoms with Crippen LogP contribution in [0.25, 0.3) is 0 Å². The highest BCUT2D eigenvalue weighted by molar-refractivity contribution is 7.99. The average molecular weight is 506 g/mol. The Bertz CT molecular complexity index is 1240. The topological polar surface area (TPSA) is 92.8 Å². The number of anilines is 1. The lowest BCUT2D eigenvalue weighted by Gasteiger charge is -2.17. The third kappa shape index (κ3) is 5.32. The normalized spacial score (nSPS) is 15.1. The van der Waals surface area contributed by atoms with Gasteiger partial charge in [0.15, 0.2) is 11.0 Å². The molecule has 0 radical (unpaired) electrons. The molecule has 11 heteroatoms. The molecule has 1 aliphatic rings. The highest BCUT2D eigenvalue weighted by Crippen LogP contribution is 2.39. The molecule has 1 unspecified atom stereocenters. The van der Waals surface area contributed by atoms with E-state index in [9.17, 15) is 14.4 Å². The van der Waals surface area contributed by atoms with Crippen LogP contribution in [-0.2, 0) is 31.3 Å². The van der Waals surface area contributed by atoms with Crippen LogP contribution in [0.15, 0.2) is 23.4 Å². The zero-order valence-corrected chi connectivity index (χ0v) is 20.4. The summed E-state index contributed by atoms with van der Waals surface area (Å²) in [7, 11) is 1.77. The quantitative estimate of drug-likeness (QED) is 0.455. The number of nitrogens with one attached hydrogen (secondary N) is 1. The summed E-state index contributed by atoms with van der Waals surface area (Å²) in [6, 6.07) is 6.15. The molecule has 0 saturated carbocycles. The van der Waals surface area contributed by atoms with Gasteiger partial charge in [-0.2, -0.15) is 5.26 Å². The number of amides is 1. The second-order valence-electron chi connectivity index (χ2n) is 7.83. The molecule has 0 bridgehead atoms. The summed E-state index contributed by atoms with van der Waals surface area (Å²) in [6.07, 6.45) is 2.90. The molecule has 33 heavy (non-hydrogen) atoms. The Morgan fingerprint density at radius 1 is 1.48 bits per heavy atom. The fourth-order valence-electron chi connectivity index (χ4n) is 3.58. The van der Waals surface area contributed by atoms with Gasteiger partial charge in [0, 0.05) is 11.9 Å². The molecule has 0 fully saturated rings. The van der Waals surface area contributed by atoms with E-state index in [2.05, 4.69) is 28.5 Å². The van der Waals surface area contributed by atoms with Gasteiger partial charge in [-0.15, -0.1) is 21.5 Å². The van der Waals surface area contributed by atoms with Crippen molar-refractivity contribution in [2.24, 2.45) is 13.0 Å². The van der Waals surface area contributed by atoms with Crippen LogP contribution in [0.4, 0.5) is 9.39 Å². The van der Waals surface area contributed by atoms with Gasteiger partial charge in [0.2, 0.25) is 5.91 Å². The summed E-state index contributed by atoms with van der Waals surface area (Å²) in [5.74, 6) is 0.945. The van der Waals surface area contributed by atoms with E-state index >= 15 is 0 Å². The average Bonchev–Trinajstić information content (AvgIpc) is 3.30. The molecule has 0 saturated heterocycles. The minimum absolute atomic E-state index is 0.0896. The maximum Gasteiger partial charge on any atom is 0.235 e. The Morgan fingerprint density at radius 3 is 3.06 bits per heavy atom. The lowest BCUT2D eigenvalue weighted by Crippen LogP contribution is -2.14. The molecule has 1 N–H and O–H groups in total. The smallest absolute Gasteiger partial charge is 0.235 e. The molecule has 7 nitrogen and oxygen atoms in total. The van der Waals surface area contributed by atoms with Crippen LogP contribution >= 0.6 is 34.7 Å². The van der Waals surface area contributed by atoms with Gasteiger partial charge in [-0.25, -0.2) is 4.39 Å². The van der Waals surface area contributed by atoms with Crippen molar-refractivity contribution in [3.05, 3.63) is 50.9 Å². The van der Waals surface area contributed by atoms with Gasteiger partial charge in [-0.05, 0) is 48.9 Å². The SMILES string of the molecule is CC1CCc2c(sc(NC(=O)CSc3nnc(COc4ccc(F)cc4Cl)n3C)c2C#N)C1. The number of nitrogens with zero attached hydrogens (tertiary/aromatic N) is 4. The first-order valence-corrected chi connectivity index (χ1v) is 12.5. The van der Waals surface area contributed by atoms with E-state index < -0.39 is 5.82 Å². The summed E-state index contributed by atoms with van der Waals surface area (Å²) in [4.78, 5) is 13.8. The lowest BCUT2D eigenvalue weighted by atomic mass is 9.89. The largest absolute Gasteiger partial charge is 0.484 e. The van der Waals surface area contributed by atoms with Crippen molar-refractivity contribution in [1.82, 2.24) is 14.8 Å². The van der Waals surface area contributed by atoms with E-state index in [4.69, 9.17) is 16.3 Å². The molecule has 1 aliphatic carbocycles. The highest BCUT2D eigenvalue weighted by Gasteiger charge is 2.24. The van der Waals surface area contributed by atoms with E-state index in [1.165, 1.54) is 46.2 Å². The fraction of sp³-hybridized carbons (Fsp3) is 0.364. The predicted octanol–water partition coefficient (Wildman–Crippen LogP) is 4.98. The van der Waals surface area contributed by atoms with E-state index in [1.807, 2.05) is 0 Å². The molecule has 172 valence electrons. The third-order valence-electron chi connectivity index (χ3n) is 5.38. The van der Waals surface area contributed by atoms with Crippen LogP contribution in [0.5, 0.6) is 5.75 Å². The minimum Gasteiger partial charge on any atom is -0.484 e. The Kier molecular flexibility index (Phi) is 7.22. The second-order valence-corrected chi connectivity index (χ2v) is 10.3. The van der Waals surface area contributed by atoms with E-state index in [0.29, 0.717) is 33.2 Å². The summed E-state index contributed by atoms with van der Waals surface area (Å²) in [5.41, 5.74) is 1.68. The molecule has 1 atom stereocenters. The van der Waals surface area contributed by atoms with E-state index in [-0.39, 0.29) is 23.3 Å². The summed E-state index contributed by atoms with van der Waals surface area (Å²) < 4.78 is 20.5. The number of hydrogen-bond acceptors (Lipinski definition) is 7. The monoisotopic (exact) mass is 505 g/mol. The second kappa shape index (κ2) is 10.1. The number of nitriles is 1. The van der Waals surface area contributed by atoms with Gasteiger partial charge in [-0.1, -0.05) is 30.3 Å². The predicted molar refractivity (Wildman–Crippen MR) is 126 cm³/mol. The Hall–Kier alpha value is -2.61. The van der Waals surface area contributed by atoms with Crippen LogP contribution < -0.4 is 10.1 Å². The van der Waals surface area contributed by atoms with Gasteiger partial charge >= 0.3 is 0 Å². The maximum atomic E-state index is 13.2. The zero-order valence-electron chi connectivity index (χ0n) is 18.0. The maximum absolute atomic E-state index is 13.2. The van der Waals surface area contributed by atoms with E-state index in [1.54, 1.807) is 11.6 Å². The number of thioether (sulfide) groups is 1. The van der Waals surface area contributed by atoms with Gasteiger partial charge < -0.3 is 14.6 Å². The number of rotatable bonds is 7. The summed E-state index contributed by atoms with van der Waals surface area (Å²) in [6.45, 7) is 2.30. The number of halogens is 2. The molecule has 1 aromatic carbocycles. The van der Waals surface area contributed by atoms with Crippen molar-refractivity contribution < 1.29 is 13.9 Å². The van der Waals surface area contributed by atoms with Gasteiger partial charge in [0.05, 0.1) is 16.3 Å². The van der Waals surface area contributed by atoms with Crippen molar-refractivity contribution in [2.45, 2.75) is 37.9 Å². The van der Waals surface area contributed by atoms with Crippen molar-refractivity contribution in [3.63, 3.8) is 0 Å². The van der Waals surface area contributed by atoms with Crippen LogP contribution in [0, 0.1) is 23.1 Å². The molecule has 4 rings (SSSR count). The summed E-state index contributed by atoms with van der Waals surface area (Å²) in [5, 5.41) is 22.0. The van der Waals surface area contributed by atoms with E-state index in [0.717, 1.165) is 24.8 Å². The molecular weight excluding hydrogens is 485 g/mol.